The van der Waals surface area contributed by atoms with Crippen molar-refractivity contribution in [3.8, 4) is 0 Å². The van der Waals surface area contributed by atoms with Gasteiger partial charge in [-0.3, -0.25) is 9.78 Å². The van der Waals surface area contributed by atoms with Crippen LogP contribution in [0.25, 0.3) is 0 Å². The number of piperidine rings is 1. The minimum atomic E-state index is -0.388. The number of aryl methyl sites for hydroxylation is 1. The van der Waals surface area contributed by atoms with Crippen LogP contribution in [0.2, 0.25) is 0 Å². The van der Waals surface area contributed by atoms with Crippen molar-refractivity contribution < 1.29 is 4.79 Å². The van der Waals surface area contributed by atoms with E-state index >= 15 is 0 Å². The molecule has 9 heteroatoms. The van der Waals surface area contributed by atoms with Crippen LogP contribution in [0.1, 0.15) is 34.7 Å². The van der Waals surface area contributed by atoms with Gasteiger partial charge in [0.25, 0.3) is 5.91 Å². The minimum absolute atomic E-state index is 0.0887. The van der Waals surface area contributed by atoms with Crippen LogP contribution in [-0.2, 0) is 12.5 Å². The number of carbonyl (C=O) groups excluding carboxylic acids is 1. The topological polar surface area (TPSA) is 95.9 Å². The van der Waals surface area contributed by atoms with Crippen LogP contribution in [0.5, 0.6) is 0 Å². The molecule has 3 aromatic rings. The van der Waals surface area contributed by atoms with Crippen molar-refractivity contribution in [3.05, 3.63) is 63.3 Å². The zero-order valence-corrected chi connectivity index (χ0v) is 16.6. The van der Waals surface area contributed by atoms with Gasteiger partial charge in [0.1, 0.15) is 0 Å². The number of aromatic amines is 1. The Morgan fingerprint density at radius 1 is 1.25 bits per heavy atom. The molecule has 1 fully saturated rings. The molecule has 1 amide bonds. The first-order valence-electron chi connectivity index (χ1n) is 9.15. The van der Waals surface area contributed by atoms with Gasteiger partial charge in [-0.2, -0.15) is 0 Å². The van der Waals surface area contributed by atoms with Crippen LogP contribution >= 0.6 is 11.3 Å². The molecule has 4 rings (SSSR count). The smallest absolute Gasteiger partial charge is 0.343 e. The number of rotatable bonds is 4. The SMILES string of the molecule is CNc1nc(C2(c3ccccc3)CCN(C(=O)c3nn(C)c(=O)[nH]3)CC2)cs1. The summed E-state index contributed by atoms with van der Waals surface area (Å²) in [5, 5.41) is 10.1. The molecule has 0 radical (unpaired) electrons. The van der Waals surface area contributed by atoms with Crippen LogP contribution in [0.3, 0.4) is 0 Å². The molecule has 0 spiro atoms. The second-order valence-corrected chi connectivity index (χ2v) is 7.79. The van der Waals surface area contributed by atoms with E-state index in [4.69, 9.17) is 4.98 Å². The van der Waals surface area contributed by atoms with Gasteiger partial charge >= 0.3 is 5.69 Å². The zero-order chi connectivity index (χ0) is 19.7. The molecule has 0 aliphatic carbocycles. The maximum Gasteiger partial charge on any atom is 0.343 e. The van der Waals surface area contributed by atoms with E-state index in [-0.39, 0.29) is 22.8 Å². The van der Waals surface area contributed by atoms with Gasteiger partial charge in [0.15, 0.2) is 5.13 Å². The third kappa shape index (κ3) is 3.11. The highest BCUT2D eigenvalue weighted by Crippen LogP contribution is 2.42. The molecule has 28 heavy (non-hydrogen) atoms. The molecule has 3 heterocycles. The van der Waals surface area contributed by atoms with Crippen molar-refractivity contribution in [3.63, 3.8) is 0 Å². The summed E-state index contributed by atoms with van der Waals surface area (Å²) in [6, 6.07) is 10.3. The highest BCUT2D eigenvalue weighted by Gasteiger charge is 2.41. The third-order valence-electron chi connectivity index (χ3n) is 5.41. The number of nitrogens with one attached hydrogen (secondary N) is 2. The molecule has 0 saturated carbocycles. The van der Waals surface area contributed by atoms with Gasteiger partial charge in [0.2, 0.25) is 5.82 Å². The molecule has 0 atom stereocenters. The first-order valence-corrected chi connectivity index (χ1v) is 10.0. The van der Waals surface area contributed by atoms with E-state index in [1.54, 1.807) is 16.2 Å². The fourth-order valence-electron chi connectivity index (χ4n) is 3.80. The number of amides is 1. The van der Waals surface area contributed by atoms with Crippen LogP contribution in [0.15, 0.2) is 40.5 Å². The second-order valence-electron chi connectivity index (χ2n) is 6.93. The van der Waals surface area contributed by atoms with Crippen molar-refractivity contribution in [2.75, 3.05) is 25.5 Å². The molecule has 1 aliphatic heterocycles. The lowest BCUT2D eigenvalue weighted by molar-refractivity contribution is 0.0671. The molecular weight excluding hydrogens is 376 g/mol. The summed E-state index contributed by atoms with van der Waals surface area (Å²) in [7, 11) is 3.39. The van der Waals surface area contributed by atoms with E-state index in [1.165, 1.54) is 12.6 Å². The van der Waals surface area contributed by atoms with Crippen LogP contribution in [0, 0.1) is 0 Å². The van der Waals surface area contributed by atoms with Gasteiger partial charge in [-0.15, -0.1) is 16.4 Å². The molecule has 146 valence electrons. The van der Waals surface area contributed by atoms with E-state index < -0.39 is 0 Å². The Labute approximate surface area is 166 Å². The summed E-state index contributed by atoms with van der Waals surface area (Å²) in [4.78, 5) is 33.4. The van der Waals surface area contributed by atoms with Crippen molar-refractivity contribution >= 4 is 22.4 Å². The summed E-state index contributed by atoms with van der Waals surface area (Å²) < 4.78 is 1.14. The Bertz CT molecular complexity index is 1030. The average molecular weight is 398 g/mol. The van der Waals surface area contributed by atoms with Gasteiger partial charge in [-0.25, -0.2) is 14.5 Å². The maximum atomic E-state index is 12.8. The van der Waals surface area contributed by atoms with Crippen molar-refractivity contribution in [1.29, 1.82) is 0 Å². The van der Waals surface area contributed by atoms with E-state index in [0.717, 1.165) is 28.3 Å². The summed E-state index contributed by atoms with van der Waals surface area (Å²) in [5.41, 5.74) is 1.62. The minimum Gasteiger partial charge on any atom is -0.365 e. The lowest BCUT2D eigenvalue weighted by Gasteiger charge is -2.41. The molecule has 2 aromatic heterocycles. The van der Waals surface area contributed by atoms with Crippen LogP contribution < -0.4 is 11.0 Å². The van der Waals surface area contributed by atoms with Gasteiger partial charge in [0.05, 0.1) is 5.69 Å². The number of likely N-dealkylation sites (tertiary alicyclic amines) is 1. The predicted octanol–water partition coefficient (Wildman–Crippen LogP) is 1.83. The van der Waals surface area contributed by atoms with Gasteiger partial charge < -0.3 is 10.2 Å². The molecule has 2 N–H and O–H groups in total. The Hall–Kier alpha value is -2.94. The lowest BCUT2D eigenvalue weighted by atomic mass is 9.70. The van der Waals surface area contributed by atoms with Gasteiger partial charge in [-0.1, -0.05) is 30.3 Å². The van der Waals surface area contributed by atoms with E-state index in [2.05, 4.69) is 32.9 Å². The maximum absolute atomic E-state index is 12.8. The van der Waals surface area contributed by atoms with Crippen LogP contribution in [0.4, 0.5) is 5.13 Å². The fraction of sp³-hybridized carbons (Fsp3) is 0.368. The highest BCUT2D eigenvalue weighted by molar-refractivity contribution is 7.13. The highest BCUT2D eigenvalue weighted by atomic mass is 32.1. The summed E-state index contributed by atoms with van der Waals surface area (Å²) >= 11 is 1.59. The Morgan fingerprint density at radius 2 is 1.96 bits per heavy atom. The van der Waals surface area contributed by atoms with Crippen molar-refractivity contribution in [2.45, 2.75) is 18.3 Å². The largest absolute Gasteiger partial charge is 0.365 e. The lowest BCUT2D eigenvalue weighted by Crippen LogP contribution is -2.46. The van der Waals surface area contributed by atoms with E-state index in [9.17, 15) is 9.59 Å². The number of carbonyl (C=O) groups is 1. The fourth-order valence-corrected chi connectivity index (χ4v) is 4.57. The average Bonchev–Trinajstić information content (AvgIpc) is 3.35. The number of benzene rings is 1. The molecule has 1 aliphatic rings. The quantitative estimate of drug-likeness (QED) is 0.699. The summed E-state index contributed by atoms with van der Waals surface area (Å²) in [6.45, 7) is 1.14. The Morgan fingerprint density at radius 3 is 2.54 bits per heavy atom. The first-order chi connectivity index (χ1) is 13.5. The number of aromatic nitrogens is 4. The summed E-state index contributed by atoms with van der Waals surface area (Å²) in [5.74, 6) is -0.153. The number of hydrogen-bond donors (Lipinski definition) is 2. The van der Waals surface area contributed by atoms with E-state index in [1.807, 2.05) is 25.2 Å². The van der Waals surface area contributed by atoms with Crippen molar-refractivity contribution in [1.82, 2.24) is 24.6 Å². The van der Waals surface area contributed by atoms with E-state index in [0.29, 0.717) is 13.1 Å². The molecule has 0 bridgehead atoms. The molecular formula is C19H22N6O2S. The molecule has 1 aromatic carbocycles. The number of nitrogens with zero attached hydrogens (tertiary/aromatic N) is 4. The Balaban J connectivity index is 1.62. The standard InChI is InChI=1S/C19H22N6O2S/c1-20-17-21-14(12-28-17)19(13-6-4-3-5-7-13)8-10-25(11-9-19)16(26)15-22-18(27)24(2)23-15/h3-7,12H,8-11H2,1-2H3,(H,20,21)(H,22,23,27). The van der Waals surface area contributed by atoms with Crippen LogP contribution in [-0.4, -0.2) is 50.7 Å². The monoisotopic (exact) mass is 398 g/mol. The third-order valence-corrected chi connectivity index (χ3v) is 6.27. The van der Waals surface area contributed by atoms with Gasteiger partial charge in [0, 0.05) is 38.0 Å². The number of hydrogen-bond acceptors (Lipinski definition) is 6. The molecule has 8 nitrogen and oxygen atoms in total. The molecule has 0 unspecified atom stereocenters. The normalized spacial score (nSPS) is 16.1. The summed E-state index contributed by atoms with van der Waals surface area (Å²) in [6.07, 6.45) is 1.51. The number of H-pyrrole nitrogens is 1. The number of anilines is 1. The Kier molecular flexibility index (Phi) is 4.76. The predicted molar refractivity (Wildman–Crippen MR) is 108 cm³/mol. The first kappa shape index (κ1) is 18.4. The van der Waals surface area contributed by atoms with Crippen molar-refractivity contribution in [2.24, 2.45) is 7.05 Å². The molecule has 1 saturated heterocycles. The number of thiazole rings is 1. The zero-order valence-electron chi connectivity index (χ0n) is 15.8. The second kappa shape index (κ2) is 7.23. The van der Waals surface area contributed by atoms with Gasteiger partial charge in [-0.05, 0) is 18.4 Å².